The van der Waals surface area contributed by atoms with Gasteiger partial charge in [0.05, 0.1) is 6.04 Å². The molecule has 2 aliphatic heterocycles. The highest BCUT2D eigenvalue weighted by Gasteiger charge is 2.30. The fourth-order valence-electron chi connectivity index (χ4n) is 4.10. The van der Waals surface area contributed by atoms with E-state index in [1.807, 2.05) is 4.90 Å². The van der Waals surface area contributed by atoms with Crippen LogP contribution in [0.1, 0.15) is 63.5 Å². The Bertz CT molecular complexity index is 687. The van der Waals surface area contributed by atoms with E-state index in [0.29, 0.717) is 62.8 Å². The van der Waals surface area contributed by atoms with Crippen LogP contribution in [-0.4, -0.2) is 61.0 Å². The molecule has 1 aromatic rings. The normalized spacial score (nSPS) is 20.7. The molecule has 0 aromatic heterocycles. The van der Waals surface area contributed by atoms with E-state index < -0.39 is 18.3 Å². The smallest absolute Gasteiger partial charge is 0.220 e. The highest BCUT2D eigenvalue weighted by Crippen LogP contribution is 2.33. The molecule has 2 heterocycles. The molecule has 1 fully saturated rings. The number of likely N-dealkylation sites (tertiary alicyclic amines) is 1. The number of benzene rings is 1. The molecule has 3 rings (SSSR count). The van der Waals surface area contributed by atoms with Crippen molar-refractivity contribution in [1.29, 1.82) is 0 Å². The number of carbonyl (C=O) groups is 1. The number of nitrogens with one attached hydrogen (secondary N) is 1. The second-order valence-corrected chi connectivity index (χ2v) is 8.33. The van der Waals surface area contributed by atoms with Gasteiger partial charge in [0, 0.05) is 26.1 Å². The van der Waals surface area contributed by atoms with Crippen molar-refractivity contribution in [2.45, 2.75) is 70.2 Å². The number of hydrogen-bond donors (Lipinski definition) is 2. The number of alkyl halides is 1. The Morgan fingerprint density at radius 2 is 2.00 bits per heavy atom. The van der Waals surface area contributed by atoms with Gasteiger partial charge in [0.25, 0.3) is 0 Å². The third-order valence-electron chi connectivity index (χ3n) is 5.81. The van der Waals surface area contributed by atoms with Gasteiger partial charge in [-0.1, -0.05) is 38.7 Å². The molecule has 7 heteroatoms. The number of hydrogen-bond acceptors (Lipinski definition) is 5. The summed E-state index contributed by atoms with van der Waals surface area (Å²) in [4.78, 5) is 14.5. The fraction of sp³-hybridized carbons (Fsp3) is 0.696. The van der Waals surface area contributed by atoms with Crippen molar-refractivity contribution in [2.24, 2.45) is 0 Å². The highest BCUT2D eigenvalue weighted by atomic mass is 19.1. The van der Waals surface area contributed by atoms with E-state index in [1.165, 1.54) is 12.8 Å². The SMILES string of the molecule is CCCCCCCC(=O)N[C@H](CN1CC[C@H](F)C1)C(O)c1ccc2c(c1)OCCO2. The molecule has 1 saturated heterocycles. The lowest BCUT2D eigenvalue weighted by Gasteiger charge is -2.29. The second kappa shape index (κ2) is 11.5. The predicted molar refractivity (Wildman–Crippen MR) is 114 cm³/mol. The van der Waals surface area contributed by atoms with Gasteiger partial charge in [-0.3, -0.25) is 9.69 Å². The van der Waals surface area contributed by atoms with Crippen LogP contribution in [0.3, 0.4) is 0 Å². The number of rotatable bonds is 11. The maximum atomic E-state index is 13.6. The first-order valence-corrected chi connectivity index (χ1v) is 11.3. The summed E-state index contributed by atoms with van der Waals surface area (Å²) in [6, 6.07) is 4.84. The van der Waals surface area contributed by atoms with Crippen LogP contribution in [0.4, 0.5) is 4.39 Å². The third-order valence-corrected chi connectivity index (χ3v) is 5.81. The predicted octanol–water partition coefficient (Wildman–Crippen LogP) is 3.38. The van der Waals surface area contributed by atoms with E-state index in [9.17, 15) is 14.3 Å². The highest BCUT2D eigenvalue weighted by molar-refractivity contribution is 5.76. The molecule has 2 N–H and O–H groups in total. The van der Waals surface area contributed by atoms with Gasteiger partial charge in [-0.2, -0.15) is 0 Å². The van der Waals surface area contributed by atoms with E-state index >= 15 is 0 Å². The number of unbranched alkanes of at least 4 members (excludes halogenated alkanes) is 4. The maximum absolute atomic E-state index is 13.6. The topological polar surface area (TPSA) is 71.0 Å². The van der Waals surface area contributed by atoms with Crippen LogP contribution >= 0.6 is 0 Å². The van der Waals surface area contributed by atoms with Gasteiger partial charge in [-0.25, -0.2) is 4.39 Å². The number of amides is 1. The molecule has 30 heavy (non-hydrogen) atoms. The number of aliphatic hydroxyl groups excluding tert-OH is 1. The molecular weight excluding hydrogens is 387 g/mol. The number of ether oxygens (including phenoxy) is 2. The molecule has 1 amide bonds. The van der Waals surface area contributed by atoms with E-state index in [-0.39, 0.29) is 5.91 Å². The fourth-order valence-corrected chi connectivity index (χ4v) is 4.10. The first kappa shape index (κ1) is 22.8. The van der Waals surface area contributed by atoms with Crippen molar-refractivity contribution >= 4 is 5.91 Å². The van der Waals surface area contributed by atoms with Crippen molar-refractivity contribution in [3.63, 3.8) is 0 Å². The quantitative estimate of drug-likeness (QED) is 0.535. The molecule has 0 bridgehead atoms. The second-order valence-electron chi connectivity index (χ2n) is 8.33. The summed E-state index contributed by atoms with van der Waals surface area (Å²) in [5, 5.41) is 14.1. The number of nitrogens with zero attached hydrogens (tertiary/aromatic N) is 1. The largest absolute Gasteiger partial charge is 0.486 e. The summed E-state index contributed by atoms with van der Waals surface area (Å²) in [6.45, 7) is 4.53. The van der Waals surface area contributed by atoms with Gasteiger partial charge < -0.3 is 19.9 Å². The van der Waals surface area contributed by atoms with Crippen LogP contribution < -0.4 is 14.8 Å². The zero-order valence-corrected chi connectivity index (χ0v) is 17.9. The summed E-state index contributed by atoms with van der Waals surface area (Å²) < 4.78 is 24.8. The molecule has 0 radical (unpaired) electrons. The molecule has 0 aliphatic carbocycles. The van der Waals surface area contributed by atoms with Crippen molar-refractivity contribution in [1.82, 2.24) is 10.2 Å². The van der Waals surface area contributed by atoms with E-state index in [0.717, 1.165) is 19.3 Å². The molecule has 6 nitrogen and oxygen atoms in total. The van der Waals surface area contributed by atoms with E-state index in [2.05, 4.69) is 12.2 Å². The molecule has 0 spiro atoms. The summed E-state index contributed by atoms with van der Waals surface area (Å²) in [7, 11) is 0. The zero-order valence-electron chi connectivity index (χ0n) is 17.9. The minimum absolute atomic E-state index is 0.0657. The number of fused-ring (bicyclic) bond motifs is 1. The third kappa shape index (κ3) is 6.57. The Labute approximate surface area is 178 Å². The van der Waals surface area contributed by atoms with Gasteiger partial charge in [0.1, 0.15) is 25.5 Å². The Hall–Kier alpha value is -1.86. The molecular formula is C23H35FN2O4. The van der Waals surface area contributed by atoms with Crippen LogP contribution in [-0.2, 0) is 4.79 Å². The first-order valence-electron chi connectivity index (χ1n) is 11.3. The van der Waals surface area contributed by atoms with Gasteiger partial charge in [0.15, 0.2) is 11.5 Å². The molecule has 3 atom stereocenters. The average Bonchev–Trinajstić information content (AvgIpc) is 3.17. The minimum atomic E-state index is -0.913. The van der Waals surface area contributed by atoms with Crippen molar-refractivity contribution in [3.8, 4) is 11.5 Å². The summed E-state index contributed by atoms with van der Waals surface area (Å²) in [5.74, 6) is 1.19. The Morgan fingerprint density at radius 3 is 2.73 bits per heavy atom. The number of carbonyl (C=O) groups excluding carboxylic acids is 1. The van der Waals surface area contributed by atoms with Gasteiger partial charge >= 0.3 is 0 Å². The van der Waals surface area contributed by atoms with Crippen LogP contribution in [0.5, 0.6) is 11.5 Å². The minimum Gasteiger partial charge on any atom is -0.486 e. The van der Waals surface area contributed by atoms with E-state index in [4.69, 9.17) is 9.47 Å². The van der Waals surface area contributed by atoms with Crippen LogP contribution in [0.2, 0.25) is 0 Å². The van der Waals surface area contributed by atoms with Crippen molar-refractivity contribution in [2.75, 3.05) is 32.8 Å². The first-order chi connectivity index (χ1) is 14.6. The summed E-state index contributed by atoms with van der Waals surface area (Å²) >= 11 is 0. The van der Waals surface area contributed by atoms with Gasteiger partial charge in [-0.15, -0.1) is 0 Å². The Balaban J connectivity index is 1.63. The zero-order chi connectivity index (χ0) is 21.3. The molecule has 1 unspecified atom stereocenters. The van der Waals surface area contributed by atoms with Crippen molar-refractivity contribution < 1.29 is 23.8 Å². The Morgan fingerprint density at radius 1 is 1.23 bits per heavy atom. The van der Waals surface area contributed by atoms with Crippen LogP contribution in [0, 0.1) is 0 Å². The molecule has 2 aliphatic rings. The monoisotopic (exact) mass is 422 g/mol. The molecule has 168 valence electrons. The average molecular weight is 423 g/mol. The lowest BCUT2D eigenvalue weighted by molar-refractivity contribution is -0.123. The summed E-state index contributed by atoms with van der Waals surface area (Å²) in [6.07, 6.45) is 4.56. The van der Waals surface area contributed by atoms with E-state index in [1.54, 1.807) is 18.2 Å². The molecule has 1 aromatic carbocycles. The van der Waals surface area contributed by atoms with Crippen LogP contribution in [0.25, 0.3) is 0 Å². The van der Waals surface area contributed by atoms with Crippen molar-refractivity contribution in [3.05, 3.63) is 23.8 Å². The van der Waals surface area contributed by atoms with Crippen LogP contribution in [0.15, 0.2) is 18.2 Å². The lowest BCUT2D eigenvalue weighted by Crippen LogP contribution is -2.46. The molecule has 0 saturated carbocycles. The summed E-state index contributed by atoms with van der Waals surface area (Å²) in [5.41, 5.74) is 0.656. The standard InChI is InChI=1S/C23H35FN2O4/c1-2-3-4-5-6-7-22(27)25-19(16-26-11-10-18(24)15-26)23(28)17-8-9-20-21(14-17)30-13-12-29-20/h8-9,14,18-19,23,28H,2-7,10-13,15-16H2,1H3,(H,25,27)/t18-,19+,23?/m0/s1. The lowest BCUT2D eigenvalue weighted by atomic mass is 10.0. The Kier molecular flexibility index (Phi) is 8.75. The maximum Gasteiger partial charge on any atom is 0.220 e. The van der Waals surface area contributed by atoms with Gasteiger partial charge in [0.2, 0.25) is 5.91 Å². The number of aliphatic hydroxyl groups is 1. The van der Waals surface area contributed by atoms with Gasteiger partial charge in [-0.05, 0) is 30.5 Å². The number of halogens is 1.